The van der Waals surface area contributed by atoms with Crippen molar-refractivity contribution in [3.8, 4) is 0 Å². The van der Waals surface area contributed by atoms with Crippen LogP contribution in [0.3, 0.4) is 0 Å². The van der Waals surface area contributed by atoms with Crippen LogP contribution in [-0.2, 0) is 0 Å². The summed E-state index contributed by atoms with van der Waals surface area (Å²) in [6.07, 6.45) is 0. The Morgan fingerprint density at radius 2 is 1.92 bits per heavy atom. The van der Waals surface area contributed by atoms with Crippen molar-refractivity contribution in [2.75, 3.05) is 7.05 Å². The first-order valence-corrected chi connectivity index (χ1v) is 4.12. The van der Waals surface area contributed by atoms with Crippen molar-refractivity contribution in [2.45, 2.75) is 13.0 Å². The molecule has 3 heteroatoms. The third kappa shape index (κ3) is 2.36. The Kier molecular flexibility index (Phi) is 3.14. The van der Waals surface area contributed by atoms with Crippen LogP contribution in [0.1, 0.15) is 17.3 Å². The zero-order chi connectivity index (χ0) is 9.84. The van der Waals surface area contributed by atoms with Gasteiger partial charge in [-0.1, -0.05) is 0 Å². The van der Waals surface area contributed by atoms with Crippen molar-refractivity contribution >= 4 is 5.78 Å². The Balaban J connectivity index is 2.83. The highest BCUT2D eigenvalue weighted by Gasteiger charge is 2.12. The van der Waals surface area contributed by atoms with Crippen molar-refractivity contribution < 1.29 is 9.18 Å². The summed E-state index contributed by atoms with van der Waals surface area (Å²) in [6, 6.07) is 5.33. The molecule has 0 aromatic heterocycles. The highest BCUT2D eigenvalue weighted by molar-refractivity contribution is 5.99. The fourth-order valence-corrected chi connectivity index (χ4v) is 0.995. The number of Topliss-reactive ketones (excluding diaryl/α,β-unsaturated/α-hetero) is 1. The van der Waals surface area contributed by atoms with E-state index in [1.165, 1.54) is 24.3 Å². The first-order valence-electron chi connectivity index (χ1n) is 4.12. The van der Waals surface area contributed by atoms with Crippen molar-refractivity contribution in [1.29, 1.82) is 0 Å². The number of benzene rings is 1. The molecule has 0 bridgehead atoms. The van der Waals surface area contributed by atoms with Gasteiger partial charge in [0.05, 0.1) is 6.04 Å². The van der Waals surface area contributed by atoms with Crippen LogP contribution >= 0.6 is 0 Å². The van der Waals surface area contributed by atoms with Crippen LogP contribution in [0.15, 0.2) is 24.3 Å². The highest BCUT2D eigenvalue weighted by Crippen LogP contribution is 2.05. The third-order valence-corrected chi connectivity index (χ3v) is 1.96. The van der Waals surface area contributed by atoms with E-state index in [-0.39, 0.29) is 17.6 Å². The summed E-state index contributed by atoms with van der Waals surface area (Å²) >= 11 is 0. The molecule has 0 aliphatic rings. The molecule has 13 heavy (non-hydrogen) atoms. The average Bonchev–Trinajstić information content (AvgIpc) is 2.17. The summed E-state index contributed by atoms with van der Waals surface area (Å²) in [4.78, 5) is 11.5. The first-order chi connectivity index (χ1) is 6.15. The van der Waals surface area contributed by atoms with Crippen molar-refractivity contribution in [3.05, 3.63) is 35.6 Å². The largest absolute Gasteiger partial charge is 0.310 e. The fraction of sp³-hybridized carbons (Fsp3) is 0.300. The molecule has 1 aromatic rings. The molecule has 1 rings (SSSR count). The first kappa shape index (κ1) is 9.86. The van der Waals surface area contributed by atoms with Crippen LogP contribution in [-0.4, -0.2) is 18.9 Å². The quantitative estimate of drug-likeness (QED) is 0.718. The lowest BCUT2D eigenvalue weighted by molar-refractivity contribution is 0.0955. The summed E-state index contributed by atoms with van der Waals surface area (Å²) < 4.78 is 12.5. The molecular weight excluding hydrogens is 169 g/mol. The van der Waals surface area contributed by atoms with Crippen LogP contribution in [0.5, 0.6) is 0 Å². The zero-order valence-corrected chi connectivity index (χ0v) is 7.67. The molecule has 0 amide bonds. The molecule has 0 saturated heterocycles. The van der Waals surface area contributed by atoms with E-state index in [1.807, 2.05) is 0 Å². The van der Waals surface area contributed by atoms with E-state index in [0.717, 1.165) is 0 Å². The fourth-order valence-electron chi connectivity index (χ4n) is 0.995. The lowest BCUT2D eigenvalue weighted by Crippen LogP contribution is -2.30. The molecule has 0 fully saturated rings. The van der Waals surface area contributed by atoms with Gasteiger partial charge in [0.2, 0.25) is 0 Å². The Morgan fingerprint density at radius 3 is 2.38 bits per heavy atom. The summed E-state index contributed by atoms with van der Waals surface area (Å²) in [6.45, 7) is 1.77. The lowest BCUT2D eigenvalue weighted by atomic mass is 10.1. The molecule has 1 N–H and O–H groups in total. The number of hydrogen-bond acceptors (Lipinski definition) is 2. The standard InChI is InChI=1S/C10H12FNO/c1-7(12-2)10(13)8-3-5-9(11)6-4-8/h3-7,12H,1-2H3/t7-/m0/s1. The van der Waals surface area contributed by atoms with E-state index < -0.39 is 0 Å². The van der Waals surface area contributed by atoms with Gasteiger partial charge < -0.3 is 5.32 Å². The van der Waals surface area contributed by atoms with E-state index in [0.29, 0.717) is 5.56 Å². The number of nitrogens with one attached hydrogen (secondary N) is 1. The maximum absolute atomic E-state index is 12.5. The van der Waals surface area contributed by atoms with Crippen LogP contribution in [0.4, 0.5) is 4.39 Å². The van der Waals surface area contributed by atoms with E-state index in [4.69, 9.17) is 0 Å². The summed E-state index contributed by atoms with van der Waals surface area (Å²) in [5, 5.41) is 2.83. The van der Waals surface area contributed by atoms with Gasteiger partial charge in [0.15, 0.2) is 5.78 Å². The number of hydrogen-bond donors (Lipinski definition) is 1. The number of rotatable bonds is 3. The molecule has 0 aliphatic carbocycles. The predicted octanol–water partition coefficient (Wildman–Crippen LogP) is 1.62. The molecular formula is C10H12FNO. The smallest absolute Gasteiger partial charge is 0.179 e. The van der Waals surface area contributed by atoms with E-state index in [1.54, 1.807) is 14.0 Å². The zero-order valence-electron chi connectivity index (χ0n) is 7.67. The highest BCUT2D eigenvalue weighted by atomic mass is 19.1. The molecule has 0 aliphatic heterocycles. The average molecular weight is 181 g/mol. The minimum Gasteiger partial charge on any atom is -0.310 e. The number of carbonyl (C=O) groups is 1. The summed E-state index contributed by atoms with van der Waals surface area (Å²) in [5.74, 6) is -0.351. The van der Waals surface area contributed by atoms with Gasteiger partial charge >= 0.3 is 0 Å². The summed E-state index contributed by atoms with van der Waals surface area (Å²) in [5.41, 5.74) is 0.531. The van der Waals surface area contributed by atoms with Crippen LogP contribution in [0.2, 0.25) is 0 Å². The molecule has 0 radical (unpaired) electrons. The van der Waals surface area contributed by atoms with Gasteiger partial charge in [-0.2, -0.15) is 0 Å². The predicted molar refractivity (Wildman–Crippen MR) is 49.3 cm³/mol. The molecule has 70 valence electrons. The van der Waals surface area contributed by atoms with Gasteiger partial charge in [0.25, 0.3) is 0 Å². The molecule has 1 atom stereocenters. The monoisotopic (exact) mass is 181 g/mol. The molecule has 0 spiro atoms. The molecule has 0 saturated carbocycles. The number of ketones is 1. The van der Waals surface area contributed by atoms with E-state index >= 15 is 0 Å². The van der Waals surface area contributed by atoms with Crippen LogP contribution in [0, 0.1) is 5.82 Å². The van der Waals surface area contributed by atoms with Crippen LogP contribution < -0.4 is 5.32 Å². The molecule has 0 heterocycles. The summed E-state index contributed by atoms with van der Waals surface area (Å²) in [7, 11) is 1.71. The maximum Gasteiger partial charge on any atom is 0.179 e. The van der Waals surface area contributed by atoms with Gasteiger partial charge in [-0.3, -0.25) is 4.79 Å². The van der Waals surface area contributed by atoms with Gasteiger partial charge in [0.1, 0.15) is 5.82 Å². The van der Waals surface area contributed by atoms with Crippen molar-refractivity contribution in [2.24, 2.45) is 0 Å². The SMILES string of the molecule is CN[C@@H](C)C(=O)c1ccc(F)cc1. The Bertz CT molecular complexity index is 294. The van der Waals surface area contributed by atoms with Crippen molar-refractivity contribution in [1.82, 2.24) is 5.32 Å². The van der Waals surface area contributed by atoms with Gasteiger partial charge in [-0.25, -0.2) is 4.39 Å². The lowest BCUT2D eigenvalue weighted by Gasteiger charge is -2.08. The second kappa shape index (κ2) is 4.14. The van der Waals surface area contributed by atoms with Crippen molar-refractivity contribution in [3.63, 3.8) is 0 Å². The van der Waals surface area contributed by atoms with Gasteiger partial charge in [-0.05, 0) is 38.2 Å². The molecule has 0 unspecified atom stereocenters. The Labute approximate surface area is 76.8 Å². The Morgan fingerprint density at radius 1 is 1.38 bits per heavy atom. The van der Waals surface area contributed by atoms with E-state index in [9.17, 15) is 9.18 Å². The number of likely N-dealkylation sites (N-methyl/N-ethyl adjacent to an activating group) is 1. The topological polar surface area (TPSA) is 29.1 Å². The minimum absolute atomic E-state index is 0.0255. The second-order valence-corrected chi connectivity index (χ2v) is 2.88. The number of halogens is 1. The normalized spacial score (nSPS) is 12.5. The van der Waals surface area contributed by atoms with Crippen LogP contribution in [0.25, 0.3) is 0 Å². The van der Waals surface area contributed by atoms with Gasteiger partial charge in [0, 0.05) is 5.56 Å². The maximum atomic E-state index is 12.5. The number of carbonyl (C=O) groups excluding carboxylic acids is 1. The molecule has 2 nitrogen and oxygen atoms in total. The second-order valence-electron chi connectivity index (χ2n) is 2.88. The Hall–Kier alpha value is -1.22. The van der Waals surface area contributed by atoms with E-state index in [2.05, 4.69) is 5.32 Å². The third-order valence-electron chi connectivity index (χ3n) is 1.96. The van der Waals surface area contributed by atoms with Gasteiger partial charge in [-0.15, -0.1) is 0 Å². The minimum atomic E-state index is -0.325. The molecule has 1 aromatic carbocycles.